The first-order valence-corrected chi connectivity index (χ1v) is 8.34. The van der Waals surface area contributed by atoms with E-state index in [0.29, 0.717) is 12.5 Å². The fraction of sp³-hybridized carbons (Fsp3) is 0.500. The maximum Gasteiger partial charge on any atom is 0.124 e. The molecule has 5 nitrogen and oxygen atoms in total. The van der Waals surface area contributed by atoms with Gasteiger partial charge in [0.1, 0.15) is 5.75 Å². The van der Waals surface area contributed by atoms with Crippen molar-refractivity contribution in [3.63, 3.8) is 0 Å². The Kier molecular flexibility index (Phi) is 4.86. The van der Waals surface area contributed by atoms with E-state index in [1.165, 1.54) is 11.1 Å². The van der Waals surface area contributed by atoms with Crippen molar-refractivity contribution in [2.45, 2.75) is 45.2 Å². The lowest BCUT2D eigenvalue weighted by atomic mass is 9.95. The normalized spacial score (nSPS) is 17.5. The van der Waals surface area contributed by atoms with Crippen LogP contribution in [0, 0.1) is 0 Å². The van der Waals surface area contributed by atoms with Gasteiger partial charge in [-0.1, -0.05) is 19.9 Å². The Morgan fingerprint density at radius 1 is 1.43 bits per heavy atom. The molecular formula is C18H25N3O2. The van der Waals surface area contributed by atoms with Gasteiger partial charge in [0.25, 0.3) is 0 Å². The van der Waals surface area contributed by atoms with Crippen molar-refractivity contribution in [3.05, 3.63) is 41.7 Å². The fourth-order valence-electron chi connectivity index (χ4n) is 2.97. The minimum atomic E-state index is 0.0962. The standard InChI is InChI=1S/C18H25N3O2/c1-13(2)14-5-6-18-16(10-14)17(4-3-9-23-18)20-15-11-19-21(12-15)7-8-22/h5-6,10-13,17,20,22H,3-4,7-9H2,1-2H3. The van der Waals surface area contributed by atoms with Gasteiger partial charge in [0.15, 0.2) is 0 Å². The lowest BCUT2D eigenvalue weighted by Gasteiger charge is -2.20. The number of benzene rings is 1. The summed E-state index contributed by atoms with van der Waals surface area (Å²) in [5.74, 6) is 1.48. The van der Waals surface area contributed by atoms with E-state index in [-0.39, 0.29) is 12.6 Å². The predicted molar refractivity (Wildman–Crippen MR) is 90.9 cm³/mol. The third-order valence-electron chi connectivity index (χ3n) is 4.27. The quantitative estimate of drug-likeness (QED) is 0.888. The van der Waals surface area contributed by atoms with E-state index in [1.54, 1.807) is 4.68 Å². The van der Waals surface area contributed by atoms with Crippen LogP contribution in [0.2, 0.25) is 0 Å². The highest BCUT2D eigenvalue weighted by Gasteiger charge is 2.21. The average Bonchev–Trinajstić information content (AvgIpc) is 2.87. The molecule has 23 heavy (non-hydrogen) atoms. The number of fused-ring (bicyclic) bond motifs is 1. The average molecular weight is 315 g/mol. The Morgan fingerprint density at radius 2 is 2.30 bits per heavy atom. The van der Waals surface area contributed by atoms with Crippen LogP contribution in [0.4, 0.5) is 5.69 Å². The van der Waals surface area contributed by atoms with Gasteiger partial charge in [0, 0.05) is 11.8 Å². The largest absolute Gasteiger partial charge is 0.493 e. The second kappa shape index (κ2) is 7.04. The first kappa shape index (κ1) is 15.9. The molecule has 0 amide bonds. The van der Waals surface area contributed by atoms with Crippen molar-refractivity contribution in [1.29, 1.82) is 0 Å². The molecule has 2 aromatic rings. The third-order valence-corrected chi connectivity index (χ3v) is 4.27. The van der Waals surface area contributed by atoms with Gasteiger partial charge < -0.3 is 15.2 Å². The summed E-state index contributed by atoms with van der Waals surface area (Å²) in [6, 6.07) is 6.74. The van der Waals surface area contributed by atoms with E-state index in [0.717, 1.165) is 30.9 Å². The zero-order chi connectivity index (χ0) is 16.2. The van der Waals surface area contributed by atoms with E-state index in [4.69, 9.17) is 9.84 Å². The summed E-state index contributed by atoms with van der Waals surface area (Å²) >= 11 is 0. The Labute approximate surface area is 137 Å². The summed E-state index contributed by atoms with van der Waals surface area (Å²) in [5.41, 5.74) is 3.53. The summed E-state index contributed by atoms with van der Waals surface area (Å²) in [6.07, 6.45) is 5.80. The van der Waals surface area contributed by atoms with Crippen molar-refractivity contribution in [2.24, 2.45) is 0 Å². The van der Waals surface area contributed by atoms with Crippen LogP contribution in [0.1, 0.15) is 49.8 Å². The number of anilines is 1. The van der Waals surface area contributed by atoms with Gasteiger partial charge >= 0.3 is 0 Å². The zero-order valence-electron chi connectivity index (χ0n) is 13.8. The van der Waals surface area contributed by atoms with E-state index < -0.39 is 0 Å². The lowest BCUT2D eigenvalue weighted by molar-refractivity contribution is 0.269. The number of ether oxygens (including phenoxy) is 1. The molecule has 0 saturated heterocycles. The minimum absolute atomic E-state index is 0.0962. The Balaban J connectivity index is 1.85. The van der Waals surface area contributed by atoms with Gasteiger partial charge in [-0.2, -0.15) is 5.10 Å². The fourth-order valence-corrected chi connectivity index (χ4v) is 2.97. The number of nitrogens with one attached hydrogen (secondary N) is 1. The summed E-state index contributed by atoms with van der Waals surface area (Å²) in [4.78, 5) is 0. The molecule has 1 unspecified atom stereocenters. The van der Waals surface area contributed by atoms with E-state index >= 15 is 0 Å². The van der Waals surface area contributed by atoms with Gasteiger partial charge in [-0.3, -0.25) is 4.68 Å². The van der Waals surface area contributed by atoms with Crippen molar-refractivity contribution in [1.82, 2.24) is 9.78 Å². The molecule has 0 radical (unpaired) electrons. The molecular weight excluding hydrogens is 290 g/mol. The molecule has 3 rings (SSSR count). The first-order chi connectivity index (χ1) is 11.2. The van der Waals surface area contributed by atoms with E-state index in [9.17, 15) is 0 Å². The summed E-state index contributed by atoms with van der Waals surface area (Å²) in [7, 11) is 0. The zero-order valence-corrected chi connectivity index (χ0v) is 13.8. The van der Waals surface area contributed by atoms with Crippen molar-refractivity contribution in [2.75, 3.05) is 18.5 Å². The third kappa shape index (κ3) is 3.67. The second-order valence-corrected chi connectivity index (χ2v) is 6.36. The van der Waals surface area contributed by atoms with Crippen LogP contribution in [0.25, 0.3) is 0 Å². The number of aliphatic hydroxyl groups is 1. The molecule has 2 N–H and O–H groups in total. The monoisotopic (exact) mass is 315 g/mol. The van der Waals surface area contributed by atoms with E-state index in [1.807, 2.05) is 12.4 Å². The topological polar surface area (TPSA) is 59.3 Å². The highest BCUT2D eigenvalue weighted by Crippen LogP contribution is 2.35. The summed E-state index contributed by atoms with van der Waals surface area (Å²) in [5, 5.41) is 16.8. The molecule has 1 aromatic carbocycles. The molecule has 1 aromatic heterocycles. The Bertz CT molecular complexity index is 651. The molecule has 0 saturated carbocycles. The molecule has 124 valence electrons. The second-order valence-electron chi connectivity index (χ2n) is 6.36. The molecule has 1 atom stereocenters. The van der Waals surface area contributed by atoms with Crippen molar-refractivity contribution < 1.29 is 9.84 Å². The van der Waals surface area contributed by atoms with Gasteiger partial charge in [-0.15, -0.1) is 0 Å². The van der Waals surface area contributed by atoms with Crippen LogP contribution in [0.15, 0.2) is 30.6 Å². The van der Waals surface area contributed by atoms with Gasteiger partial charge in [0.05, 0.1) is 37.7 Å². The molecule has 0 aliphatic carbocycles. The van der Waals surface area contributed by atoms with Gasteiger partial charge in [0.2, 0.25) is 0 Å². The molecule has 0 spiro atoms. The SMILES string of the molecule is CC(C)c1ccc2c(c1)C(Nc1cnn(CCO)c1)CCCO2. The molecule has 0 fully saturated rings. The molecule has 1 aliphatic heterocycles. The Hall–Kier alpha value is -2.01. The highest BCUT2D eigenvalue weighted by molar-refractivity contribution is 5.47. The maximum atomic E-state index is 9.00. The minimum Gasteiger partial charge on any atom is -0.493 e. The predicted octanol–water partition coefficient (Wildman–Crippen LogP) is 3.32. The first-order valence-electron chi connectivity index (χ1n) is 8.34. The smallest absolute Gasteiger partial charge is 0.124 e. The van der Waals surface area contributed by atoms with Crippen LogP contribution < -0.4 is 10.1 Å². The lowest BCUT2D eigenvalue weighted by Crippen LogP contribution is -2.10. The summed E-state index contributed by atoms with van der Waals surface area (Å²) < 4.78 is 7.65. The van der Waals surface area contributed by atoms with Crippen LogP contribution in [-0.4, -0.2) is 28.1 Å². The van der Waals surface area contributed by atoms with Crippen molar-refractivity contribution in [3.8, 4) is 5.75 Å². The maximum absolute atomic E-state index is 9.00. The highest BCUT2D eigenvalue weighted by atomic mass is 16.5. The van der Waals surface area contributed by atoms with Crippen LogP contribution in [-0.2, 0) is 6.54 Å². The number of aliphatic hydroxyl groups excluding tert-OH is 1. The van der Waals surface area contributed by atoms with Gasteiger partial charge in [-0.25, -0.2) is 0 Å². The molecule has 2 heterocycles. The summed E-state index contributed by atoms with van der Waals surface area (Å²) in [6.45, 7) is 5.79. The number of aromatic nitrogens is 2. The van der Waals surface area contributed by atoms with Crippen molar-refractivity contribution >= 4 is 5.69 Å². The molecule has 1 aliphatic rings. The van der Waals surface area contributed by atoms with Crippen LogP contribution in [0.5, 0.6) is 5.75 Å². The number of hydrogen-bond donors (Lipinski definition) is 2. The Morgan fingerprint density at radius 3 is 3.09 bits per heavy atom. The van der Waals surface area contributed by atoms with Crippen LogP contribution >= 0.6 is 0 Å². The van der Waals surface area contributed by atoms with E-state index in [2.05, 4.69) is 42.5 Å². The number of hydrogen-bond acceptors (Lipinski definition) is 4. The molecule has 5 heteroatoms. The van der Waals surface area contributed by atoms with Gasteiger partial charge in [-0.05, 0) is 36.5 Å². The van der Waals surface area contributed by atoms with Crippen LogP contribution in [0.3, 0.4) is 0 Å². The number of nitrogens with zero attached hydrogens (tertiary/aromatic N) is 2. The molecule has 0 bridgehead atoms. The number of rotatable bonds is 5.